The van der Waals surface area contributed by atoms with Crippen molar-refractivity contribution >= 4 is 5.91 Å². The van der Waals surface area contributed by atoms with Crippen molar-refractivity contribution in [2.45, 2.75) is 38.8 Å². The van der Waals surface area contributed by atoms with Gasteiger partial charge < -0.3 is 9.64 Å². The predicted molar refractivity (Wildman–Crippen MR) is 129 cm³/mol. The van der Waals surface area contributed by atoms with Crippen LogP contribution in [0.3, 0.4) is 0 Å². The molecule has 1 amide bonds. The second kappa shape index (κ2) is 11.5. The van der Waals surface area contributed by atoms with Gasteiger partial charge in [0.2, 0.25) is 5.91 Å². The van der Waals surface area contributed by atoms with Crippen LogP contribution < -0.4 is 4.74 Å². The van der Waals surface area contributed by atoms with Crippen LogP contribution in [0.25, 0.3) is 0 Å². The number of ether oxygens (including phenoxy) is 1. The van der Waals surface area contributed by atoms with Crippen LogP contribution in [0.2, 0.25) is 0 Å². The van der Waals surface area contributed by atoms with E-state index in [-0.39, 0.29) is 0 Å². The maximum absolute atomic E-state index is 12.8. The third-order valence-corrected chi connectivity index (χ3v) is 6.88. The Morgan fingerprint density at radius 3 is 2.44 bits per heavy atom. The molecule has 4 rings (SSSR count). The Labute approximate surface area is 193 Å². The molecule has 0 radical (unpaired) electrons. The van der Waals surface area contributed by atoms with Gasteiger partial charge in [-0.15, -0.1) is 0 Å². The van der Waals surface area contributed by atoms with Crippen LogP contribution in [-0.4, -0.2) is 67.0 Å². The number of likely N-dealkylation sites (tertiary alicyclic amines) is 1. The number of benzene rings is 2. The highest BCUT2D eigenvalue weighted by Crippen LogP contribution is 2.24. The van der Waals surface area contributed by atoms with Crippen LogP contribution in [0, 0.1) is 5.92 Å². The summed E-state index contributed by atoms with van der Waals surface area (Å²) in [7, 11) is 1.72. The Morgan fingerprint density at radius 1 is 0.906 bits per heavy atom. The Hall–Kier alpha value is -2.37. The van der Waals surface area contributed by atoms with E-state index in [9.17, 15) is 4.79 Å². The van der Waals surface area contributed by atoms with Gasteiger partial charge >= 0.3 is 0 Å². The fraction of sp³-hybridized carbons (Fsp3) is 0.519. The fourth-order valence-electron chi connectivity index (χ4n) is 5.04. The van der Waals surface area contributed by atoms with Crippen LogP contribution in [-0.2, 0) is 17.9 Å². The fourth-order valence-corrected chi connectivity index (χ4v) is 5.04. The summed E-state index contributed by atoms with van der Waals surface area (Å²) in [5.41, 5.74) is 2.65. The van der Waals surface area contributed by atoms with E-state index in [1.165, 1.54) is 24.0 Å². The normalized spacial score (nSPS) is 20.3. The maximum atomic E-state index is 12.8. The molecule has 0 spiro atoms. The number of carbonyl (C=O) groups is 1. The topological polar surface area (TPSA) is 36.0 Å². The Bertz CT molecular complexity index is 849. The van der Waals surface area contributed by atoms with Crippen molar-refractivity contribution < 1.29 is 9.53 Å². The smallest absolute Gasteiger partial charge is 0.222 e. The lowest BCUT2D eigenvalue weighted by Crippen LogP contribution is -2.48. The molecule has 5 nitrogen and oxygen atoms in total. The lowest BCUT2D eigenvalue weighted by atomic mass is 9.92. The van der Waals surface area contributed by atoms with Crippen molar-refractivity contribution in [3.8, 4) is 5.75 Å². The molecular weight excluding hydrogens is 398 g/mol. The molecule has 1 atom stereocenters. The molecule has 5 heteroatoms. The second-order valence-electron chi connectivity index (χ2n) is 9.28. The minimum absolute atomic E-state index is 0.342. The monoisotopic (exact) mass is 435 g/mol. The molecule has 2 aliphatic heterocycles. The summed E-state index contributed by atoms with van der Waals surface area (Å²) in [6.07, 6.45) is 4.17. The SMILES string of the molecule is COc1cccc(CN2CCCC(CCC(=O)N3CCN(Cc4ccccc4)CC3)C2)c1. The van der Waals surface area contributed by atoms with Gasteiger partial charge in [-0.2, -0.15) is 0 Å². The number of hydrogen-bond donors (Lipinski definition) is 0. The molecule has 172 valence electrons. The van der Waals surface area contributed by atoms with Crippen molar-refractivity contribution in [3.05, 3.63) is 65.7 Å². The van der Waals surface area contributed by atoms with Gasteiger partial charge in [0.15, 0.2) is 0 Å². The van der Waals surface area contributed by atoms with Crippen molar-refractivity contribution in [1.29, 1.82) is 0 Å². The first-order valence-corrected chi connectivity index (χ1v) is 12.1. The van der Waals surface area contributed by atoms with Gasteiger partial charge in [-0.05, 0) is 55.0 Å². The highest BCUT2D eigenvalue weighted by Gasteiger charge is 2.24. The summed E-state index contributed by atoms with van der Waals surface area (Å²) in [6.45, 7) is 7.84. The number of piperazine rings is 1. The number of piperidine rings is 1. The first-order chi connectivity index (χ1) is 15.7. The number of amides is 1. The van der Waals surface area contributed by atoms with E-state index in [0.717, 1.165) is 64.5 Å². The average molecular weight is 436 g/mol. The van der Waals surface area contributed by atoms with Gasteiger partial charge in [0, 0.05) is 52.2 Å². The molecule has 32 heavy (non-hydrogen) atoms. The zero-order valence-corrected chi connectivity index (χ0v) is 19.4. The zero-order chi connectivity index (χ0) is 22.2. The lowest BCUT2D eigenvalue weighted by molar-refractivity contribution is -0.133. The second-order valence-corrected chi connectivity index (χ2v) is 9.28. The molecular formula is C27H37N3O2. The number of carbonyl (C=O) groups excluding carboxylic acids is 1. The van der Waals surface area contributed by atoms with Crippen molar-refractivity contribution in [2.75, 3.05) is 46.4 Å². The average Bonchev–Trinajstić information content (AvgIpc) is 2.84. The molecule has 2 aromatic rings. The van der Waals surface area contributed by atoms with Crippen LogP contribution in [0.1, 0.15) is 36.8 Å². The molecule has 0 aliphatic carbocycles. The molecule has 0 N–H and O–H groups in total. The summed E-state index contributed by atoms with van der Waals surface area (Å²) in [5, 5.41) is 0. The Kier molecular flexibility index (Phi) is 8.18. The molecule has 0 saturated carbocycles. The first-order valence-electron chi connectivity index (χ1n) is 12.1. The van der Waals surface area contributed by atoms with E-state index in [2.05, 4.69) is 63.2 Å². The number of rotatable bonds is 8. The van der Waals surface area contributed by atoms with E-state index in [4.69, 9.17) is 4.74 Å². The molecule has 2 aliphatic rings. The van der Waals surface area contributed by atoms with Gasteiger partial charge in [-0.1, -0.05) is 42.5 Å². The zero-order valence-electron chi connectivity index (χ0n) is 19.4. The number of nitrogens with zero attached hydrogens (tertiary/aromatic N) is 3. The maximum Gasteiger partial charge on any atom is 0.222 e. The van der Waals surface area contributed by atoms with Crippen molar-refractivity contribution in [1.82, 2.24) is 14.7 Å². The number of hydrogen-bond acceptors (Lipinski definition) is 4. The van der Waals surface area contributed by atoms with Crippen LogP contribution in [0.4, 0.5) is 0 Å². The molecule has 2 heterocycles. The summed E-state index contributed by atoms with van der Waals surface area (Å²) >= 11 is 0. The van der Waals surface area contributed by atoms with Gasteiger partial charge in [0.1, 0.15) is 5.75 Å². The Balaban J connectivity index is 1.18. The minimum Gasteiger partial charge on any atom is -0.497 e. The summed E-state index contributed by atoms with van der Waals surface area (Å²) in [4.78, 5) is 19.9. The standard InChI is InChI=1S/C27H37N3O2/c1-32-26-11-5-9-25(19-26)22-29-14-6-10-24(21-29)12-13-27(31)30-17-15-28(16-18-30)20-23-7-3-2-4-8-23/h2-5,7-9,11,19,24H,6,10,12-18,20-22H2,1H3. The van der Waals surface area contributed by atoms with Gasteiger partial charge in [-0.25, -0.2) is 0 Å². The van der Waals surface area contributed by atoms with Crippen LogP contribution in [0.15, 0.2) is 54.6 Å². The summed E-state index contributed by atoms with van der Waals surface area (Å²) in [6, 6.07) is 19.0. The van der Waals surface area contributed by atoms with Crippen LogP contribution >= 0.6 is 0 Å². The van der Waals surface area contributed by atoms with Gasteiger partial charge in [-0.3, -0.25) is 14.6 Å². The van der Waals surface area contributed by atoms with Gasteiger partial charge in [0.25, 0.3) is 0 Å². The minimum atomic E-state index is 0.342. The van der Waals surface area contributed by atoms with Gasteiger partial charge in [0.05, 0.1) is 7.11 Å². The third-order valence-electron chi connectivity index (χ3n) is 6.88. The van der Waals surface area contributed by atoms with E-state index in [1.807, 2.05) is 6.07 Å². The van der Waals surface area contributed by atoms with E-state index in [1.54, 1.807) is 7.11 Å². The molecule has 2 fully saturated rings. The highest BCUT2D eigenvalue weighted by molar-refractivity contribution is 5.76. The van der Waals surface area contributed by atoms with Crippen molar-refractivity contribution in [3.63, 3.8) is 0 Å². The van der Waals surface area contributed by atoms with E-state index in [0.29, 0.717) is 18.2 Å². The number of methoxy groups -OCH3 is 1. The molecule has 1 unspecified atom stereocenters. The van der Waals surface area contributed by atoms with Crippen LogP contribution in [0.5, 0.6) is 5.75 Å². The van der Waals surface area contributed by atoms with Crippen molar-refractivity contribution in [2.24, 2.45) is 5.92 Å². The largest absolute Gasteiger partial charge is 0.497 e. The predicted octanol–water partition coefficient (Wildman–Crippen LogP) is 4.03. The lowest BCUT2D eigenvalue weighted by Gasteiger charge is -2.36. The third kappa shape index (κ3) is 6.57. The molecule has 2 saturated heterocycles. The van der Waals surface area contributed by atoms with E-state index >= 15 is 0 Å². The van der Waals surface area contributed by atoms with E-state index < -0.39 is 0 Å². The first kappa shape index (κ1) is 22.8. The molecule has 0 bridgehead atoms. The summed E-state index contributed by atoms with van der Waals surface area (Å²) < 4.78 is 5.36. The molecule has 0 aromatic heterocycles. The summed E-state index contributed by atoms with van der Waals surface area (Å²) in [5.74, 6) is 1.89. The Morgan fingerprint density at radius 2 is 1.66 bits per heavy atom. The highest BCUT2D eigenvalue weighted by atomic mass is 16.5. The quantitative estimate of drug-likeness (QED) is 0.627. The molecule has 2 aromatic carbocycles.